The van der Waals surface area contributed by atoms with Gasteiger partial charge in [0.2, 0.25) is 5.95 Å². The number of aromatic nitrogens is 2. The minimum Gasteiger partial charge on any atom is -0.478 e. The molecule has 0 bridgehead atoms. The molecule has 0 atom stereocenters. The number of aromatic carboxylic acids is 1. The van der Waals surface area contributed by atoms with Crippen molar-refractivity contribution in [2.24, 2.45) is 17.8 Å². The molecule has 1 aromatic heterocycles. The molecular weight excluding hydrogens is 242 g/mol. The molecule has 5 heteroatoms. The summed E-state index contributed by atoms with van der Waals surface area (Å²) in [4.78, 5) is 19.2. The van der Waals surface area contributed by atoms with Crippen molar-refractivity contribution in [3.63, 3.8) is 0 Å². The van der Waals surface area contributed by atoms with Gasteiger partial charge in [-0.05, 0) is 50.4 Å². The van der Waals surface area contributed by atoms with Crippen LogP contribution in [0.2, 0.25) is 0 Å². The van der Waals surface area contributed by atoms with Crippen LogP contribution >= 0.6 is 0 Å². The van der Waals surface area contributed by atoms with E-state index in [-0.39, 0.29) is 5.56 Å². The van der Waals surface area contributed by atoms with Crippen LogP contribution in [0.1, 0.15) is 41.7 Å². The fourth-order valence-electron chi connectivity index (χ4n) is 2.74. The van der Waals surface area contributed by atoms with E-state index in [1.54, 1.807) is 6.92 Å². The average molecular weight is 261 g/mol. The lowest BCUT2D eigenvalue weighted by molar-refractivity contribution is 0.0695. The standard InChI is InChI=1S/C14H19N3O2/c1-8-11(13(18)19)6-15-14(17-8)16-7-12(9-2-3-9)10-4-5-10/h6,9-10,12H,2-5,7H2,1H3,(H,18,19)(H,15,16,17). The van der Waals surface area contributed by atoms with Crippen molar-refractivity contribution in [2.45, 2.75) is 32.6 Å². The molecule has 2 aliphatic rings. The van der Waals surface area contributed by atoms with Crippen LogP contribution in [0.25, 0.3) is 0 Å². The Morgan fingerprint density at radius 1 is 1.42 bits per heavy atom. The van der Waals surface area contributed by atoms with E-state index in [2.05, 4.69) is 15.3 Å². The summed E-state index contributed by atoms with van der Waals surface area (Å²) in [6, 6.07) is 0. The van der Waals surface area contributed by atoms with E-state index in [9.17, 15) is 4.79 Å². The van der Waals surface area contributed by atoms with E-state index in [0.29, 0.717) is 11.6 Å². The largest absolute Gasteiger partial charge is 0.478 e. The molecule has 3 rings (SSSR count). The van der Waals surface area contributed by atoms with Gasteiger partial charge in [0.15, 0.2) is 0 Å². The van der Waals surface area contributed by atoms with E-state index in [0.717, 1.165) is 24.3 Å². The third-order valence-electron chi connectivity index (χ3n) is 4.16. The normalized spacial score (nSPS) is 18.6. The molecule has 0 saturated heterocycles. The Balaban J connectivity index is 1.63. The molecule has 102 valence electrons. The van der Waals surface area contributed by atoms with Crippen LogP contribution in [0.3, 0.4) is 0 Å². The molecule has 2 saturated carbocycles. The highest BCUT2D eigenvalue weighted by molar-refractivity contribution is 5.88. The SMILES string of the molecule is Cc1nc(NCC(C2CC2)C2CC2)ncc1C(=O)O. The Hall–Kier alpha value is -1.65. The molecule has 2 N–H and O–H groups in total. The average Bonchev–Trinajstić information content (AvgIpc) is 3.23. The van der Waals surface area contributed by atoms with Crippen molar-refractivity contribution in [1.82, 2.24) is 9.97 Å². The first-order chi connectivity index (χ1) is 9.15. The zero-order valence-corrected chi connectivity index (χ0v) is 11.1. The Morgan fingerprint density at radius 2 is 2.05 bits per heavy atom. The molecule has 1 aromatic rings. The highest BCUT2D eigenvalue weighted by Gasteiger charge is 2.41. The maximum absolute atomic E-state index is 10.9. The van der Waals surface area contributed by atoms with Gasteiger partial charge >= 0.3 is 5.97 Å². The predicted octanol–water partition coefficient (Wildman–Crippen LogP) is 2.33. The molecule has 0 aliphatic heterocycles. The number of hydrogen-bond acceptors (Lipinski definition) is 4. The summed E-state index contributed by atoms with van der Waals surface area (Å²) < 4.78 is 0. The van der Waals surface area contributed by atoms with Crippen molar-refractivity contribution in [3.05, 3.63) is 17.5 Å². The molecule has 5 nitrogen and oxygen atoms in total. The van der Waals surface area contributed by atoms with Crippen molar-refractivity contribution >= 4 is 11.9 Å². The van der Waals surface area contributed by atoms with Crippen LogP contribution in [0.4, 0.5) is 5.95 Å². The van der Waals surface area contributed by atoms with Crippen LogP contribution in [0.5, 0.6) is 0 Å². The van der Waals surface area contributed by atoms with Crippen molar-refractivity contribution in [2.75, 3.05) is 11.9 Å². The van der Waals surface area contributed by atoms with Crippen LogP contribution < -0.4 is 5.32 Å². The topological polar surface area (TPSA) is 75.1 Å². The lowest BCUT2D eigenvalue weighted by Gasteiger charge is -2.16. The molecule has 2 aliphatic carbocycles. The number of rotatable bonds is 6. The fourth-order valence-corrected chi connectivity index (χ4v) is 2.74. The first kappa shape index (κ1) is 12.4. The van der Waals surface area contributed by atoms with Crippen LogP contribution in [0.15, 0.2) is 6.20 Å². The maximum Gasteiger partial charge on any atom is 0.339 e. The minimum atomic E-state index is -0.974. The summed E-state index contributed by atoms with van der Waals surface area (Å²) in [7, 11) is 0. The second kappa shape index (κ2) is 4.79. The second-order valence-electron chi connectivity index (χ2n) is 5.72. The van der Waals surface area contributed by atoms with E-state index >= 15 is 0 Å². The van der Waals surface area contributed by atoms with Gasteiger partial charge in [0.1, 0.15) is 0 Å². The van der Waals surface area contributed by atoms with E-state index < -0.39 is 5.97 Å². The van der Waals surface area contributed by atoms with E-state index in [1.807, 2.05) is 0 Å². The van der Waals surface area contributed by atoms with Gasteiger partial charge < -0.3 is 10.4 Å². The van der Waals surface area contributed by atoms with Crippen LogP contribution in [-0.2, 0) is 0 Å². The molecule has 0 spiro atoms. The number of aryl methyl sites for hydroxylation is 1. The van der Waals surface area contributed by atoms with Crippen LogP contribution in [-0.4, -0.2) is 27.6 Å². The Morgan fingerprint density at radius 3 is 2.53 bits per heavy atom. The summed E-state index contributed by atoms with van der Waals surface area (Å²) in [6.45, 7) is 2.62. The maximum atomic E-state index is 10.9. The molecule has 2 fully saturated rings. The molecule has 0 aromatic carbocycles. The van der Waals surface area contributed by atoms with Gasteiger partial charge in [0.05, 0.1) is 11.3 Å². The zero-order chi connectivity index (χ0) is 13.4. The molecule has 19 heavy (non-hydrogen) atoms. The summed E-state index contributed by atoms with van der Waals surface area (Å²) in [5, 5.41) is 12.2. The molecule has 0 unspecified atom stereocenters. The molecular formula is C14H19N3O2. The highest BCUT2D eigenvalue weighted by Crippen LogP contribution is 2.49. The van der Waals surface area contributed by atoms with Crippen molar-refractivity contribution < 1.29 is 9.90 Å². The van der Waals surface area contributed by atoms with Gasteiger partial charge in [-0.2, -0.15) is 0 Å². The molecule has 1 heterocycles. The third kappa shape index (κ3) is 2.85. The summed E-state index contributed by atoms with van der Waals surface area (Å²) in [5.74, 6) is 2.11. The quantitative estimate of drug-likeness (QED) is 0.822. The third-order valence-corrected chi connectivity index (χ3v) is 4.16. The number of anilines is 1. The van der Waals surface area contributed by atoms with Crippen molar-refractivity contribution in [3.8, 4) is 0 Å². The Labute approximate surface area is 112 Å². The smallest absolute Gasteiger partial charge is 0.339 e. The van der Waals surface area contributed by atoms with Crippen LogP contribution in [0, 0.1) is 24.7 Å². The van der Waals surface area contributed by atoms with E-state index in [4.69, 9.17) is 5.11 Å². The molecule has 0 amide bonds. The second-order valence-corrected chi connectivity index (χ2v) is 5.72. The van der Waals surface area contributed by atoms with Gasteiger partial charge in [-0.3, -0.25) is 0 Å². The number of carbonyl (C=O) groups is 1. The van der Waals surface area contributed by atoms with Gasteiger partial charge in [-0.25, -0.2) is 14.8 Å². The number of hydrogen-bond donors (Lipinski definition) is 2. The highest BCUT2D eigenvalue weighted by atomic mass is 16.4. The van der Waals surface area contributed by atoms with Crippen molar-refractivity contribution in [1.29, 1.82) is 0 Å². The van der Waals surface area contributed by atoms with Gasteiger partial charge in [0, 0.05) is 12.7 Å². The molecule has 0 radical (unpaired) electrons. The summed E-state index contributed by atoms with van der Waals surface area (Å²) in [5.41, 5.74) is 0.686. The Kier molecular flexibility index (Phi) is 3.12. The lowest BCUT2D eigenvalue weighted by Crippen LogP contribution is -2.20. The van der Waals surface area contributed by atoms with Gasteiger partial charge in [-0.15, -0.1) is 0 Å². The first-order valence-corrected chi connectivity index (χ1v) is 6.96. The number of carboxylic acids is 1. The lowest BCUT2D eigenvalue weighted by atomic mass is 9.98. The monoisotopic (exact) mass is 261 g/mol. The number of nitrogens with zero attached hydrogens (tertiary/aromatic N) is 2. The number of carboxylic acid groups (broad SMARTS) is 1. The summed E-state index contributed by atoms with van der Waals surface area (Å²) >= 11 is 0. The minimum absolute atomic E-state index is 0.173. The van der Waals surface area contributed by atoms with Gasteiger partial charge in [-0.1, -0.05) is 0 Å². The van der Waals surface area contributed by atoms with E-state index in [1.165, 1.54) is 31.9 Å². The predicted molar refractivity (Wildman–Crippen MR) is 71.2 cm³/mol. The Bertz CT molecular complexity index is 483. The van der Waals surface area contributed by atoms with Gasteiger partial charge in [0.25, 0.3) is 0 Å². The zero-order valence-electron chi connectivity index (χ0n) is 11.1. The summed E-state index contributed by atoms with van der Waals surface area (Å²) in [6.07, 6.45) is 6.83. The number of nitrogens with one attached hydrogen (secondary N) is 1. The first-order valence-electron chi connectivity index (χ1n) is 6.96. The fraction of sp³-hybridized carbons (Fsp3) is 0.643.